The van der Waals surface area contributed by atoms with Crippen LogP contribution in [-0.2, 0) is 13.1 Å². The molecule has 1 aromatic carbocycles. The van der Waals surface area contributed by atoms with Crippen molar-refractivity contribution in [1.29, 1.82) is 0 Å². The SMILES string of the molecule is CCNCc1ccccc1CN1CC2CCCC2C1. The van der Waals surface area contributed by atoms with E-state index in [1.54, 1.807) is 0 Å². The van der Waals surface area contributed by atoms with Crippen LogP contribution in [0.25, 0.3) is 0 Å². The predicted octanol–water partition coefficient (Wildman–Crippen LogP) is 3.03. The van der Waals surface area contributed by atoms with Crippen LogP contribution in [-0.4, -0.2) is 24.5 Å². The average molecular weight is 258 g/mol. The third kappa shape index (κ3) is 3.01. The summed E-state index contributed by atoms with van der Waals surface area (Å²) in [4.78, 5) is 2.68. The van der Waals surface area contributed by atoms with Gasteiger partial charge in [-0.15, -0.1) is 0 Å². The van der Waals surface area contributed by atoms with Gasteiger partial charge in [-0.2, -0.15) is 0 Å². The van der Waals surface area contributed by atoms with Gasteiger partial charge in [0, 0.05) is 26.2 Å². The van der Waals surface area contributed by atoms with E-state index < -0.39 is 0 Å². The highest BCUT2D eigenvalue weighted by atomic mass is 15.2. The molecule has 1 saturated heterocycles. The predicted molar refractivity (Wildman–Crippen MR) is 79.9 cm³/mol. The smallest absolute Gasteiger partial charge is 0.0237 e. The molecule has 0 bridgehead atoms. The summed E-state index contributed by atoms with van der Waals surface area (Å²) in [5.74, 6) is 2.00. The van der Waals surface area contributed by atoms with Gasteiger partial charge >= 0.3 is 0 Å². The van der Waals surface area contributed by atoms with Gasteiger partial charge < -0.3 is 5.32 Å². The van der Waals surface area contributed by atoms with Gasteiger partial charge in [0.15, 0.2) is 0 Å². The second-order valence-electron chi connectivity index (χ2n) is 6.19. The Balaban J connectivity index is 1.63. The summed E-state index contributed by atoms with van der Waals surface area (Å²) < 4.78 is 0. The Hall–Kier alpha value is -0.860. The lowest BCUT2D eigenvalue weighted by molar-refractivity contribution is 0.302. The zero-order valence-corrected chi connectivity index (χ0v) is 12.1. The zero-order valence-electron chi connectivity index (χ0n) is 12.1. The van der Waals surface area contributed by atoms with Crippen molar-refractivity contribution in [2.24, 2.45) is 11.8 Å². The maximum atomic E-state index is 3.45. The van der Waals surface area contributed by atoms with Crippen molar-refractivity contribution in [2.45, 2.75) is 39.3 Å². The summed E-state index contributed by atoms with van der Waals surface area (Å²) in [6.07, 6.45) is 4.42. The number of nitrogens with one attached hydrogen (secondary N) is 1. The Morgan fingerprint density at radius 2 is 1.79 bits per heavy atom. The van der Waals surface area contributed by atoms with Crippen molar-refractivity contribution >= 4 is 0 Å². The lowest BCUT2D eigenvalue weighted by atomic mass is 10.0. The normalized spacial score (nSPS) is 26.8. The van der Waals surface area contributed by atoms with E-state index in [-0.39, 0.29) is 0 Å². The Bertz CT molecular complexity index is 403. The van der Waals surface area contributed by atoms with E-state index in [0.29, 0.717) is 0 Å². The molecule has 1 N–H and O–H groups in total. The second kappa shape index (κ2) is 6.06. The van der Waals surface area contributed by atoms with Crippen LogP contribution in [0, 0.1) is 11.8 Å². The van der Waals surface area contributed by atoms with Crippen LogP contribution in [0.15, 0.2) is 24.3 Å². The fourth-order valence-corrected chi connectivity index (χ4v) is 3.85. The first-order chi connectivity index (χ1) is 9.36. The van der Waals surface area contributed by atoms with Crippen molar-refractivity contribution < 1.29 is 0 Å². The fourth-order valence-electron chi connectivity index (χ4n) is 3.85. The molecule has 2 fully saturated rings. The molecule has 0 aromatic heterocycles. The van der Waals surface area contributed by atoms with Gasteiger partial charge in [0.05, 0.1) is 0 Å². The molecule has 2 heteroatoms. The van der Waals surface area contributed by atoms with E-state index in [1.807, 2.05) is 0 Å². The van der Waals surface area contributed by atoms with E-state index in [2.05, 4.69) is 41.4 Å². The summed E-state index contributed by atoms with van der Waals surface area (Å²) in [7, 11) is 0. The highest BCUT2D eigenvalue weighted by molar-refractivity contribution is 5.27. The Labute approximate surface area is 117 Å². The van der Waals surface area contributed by atoms with Crippen LogP contribution >= 0.6 is 0 Å². The monoisotopic (exact) mass is 258 g/mol. The van der Waals surface area contributed by atoms with E-state index in [0.717, 1.165) is 31.5 Å². The molecule has 3 rings (SSSR count). The van der Waals surface area contributed by atoms with Crippen LogP contribution in [0.2, 0.25) is 0 Å². The van der Waals surface area contributed by atoms with Gasteiger partial charge in [-0.3, -0.25) is 4.90 Å². The number of benzene rings is 1. The van der Waals surface area contributed by atoms with Gasteiger partial charge in [-0.25, -0.2) is 0 Å². The molecular weight excluding hydrogens is 232 g/mol. The third-order valence-electron chi connectivity index (χ3n) is 4.88. The van der Waals surface area contributed by atoms with Gasteiger partial charge in [-0.05, 0) is 42.3 Å². The molecular formula is C17H26N2. The first kappa shape index (κ1) is 13.1. The van der Waals surface area contributed by atoms with Gasteiger partial charge in [-0.1, -0.05) is 37.6 Å². The standard InChI is InChI=1S/C17H26N2/c1-2-18-10-14-6-3-4-7-15(14)11-19-12-16-8-5-9-17(16)13-19/h3-4,6-7,16-18H,2,5,8-13H2,1H3. The molecule has 2 unspecified atom stereocenters. The molecule has 2 nitrogen and oxygen atoms in total. The van der Waals surface area contributed by atoms with Crippen LogP contribution in [0.3, 0.4) is 0 Å². The minimum absolute atomic E-state index is 1.00. The Kier molecular flexibility index (Phi) is 4.19. The summed E-state index contributed by atoms with van der Waals surface area (Å²) in [6, 6.07) is 8.92. The topological polar surface area (TPSA) is 15.3 Å². The average Bonchev–Trinajstić information content (AvgIpc) is 2.98. The molecule has 104 valence electrons. The zero-order chi connectivity index (χ0) is 13.1. The highest BCUT2D eigenvalue weighted by Crippen LogP contribution is 2.38. The number of hydrogen-bond acceptors (Lipinski definition) is 2. The molecule has 1 aromatic rings. The number of likely N-dealkylation sites (tertiary alicyclic amines) is 1. The molecule has 1 saturated carbocycles. The van der Waals surface area contributed by atoms with Crippen molar-refractivity contribution in [3.63, 3.8) is 0 Å². The Morgan fingerprint density at radius 3 is 2.47 bits per heavy atom. The lowest BCUT2D eigenvalue weighted by Gasteiger charge is -2.19. The summed E-state index contributed by atoms with van der Waals surface area (Å²) >= 11 is 0. The third-order valence-corrected chi connectivity index (χ3v) is 4.88. The molecule has 0 spiro atoms. The molecule has 0 amide bonds. The quantitative estimate of drug-likeness (QED) is 0.873. The number of hydrogen-bond donors (Lipinski definition) is 1. The van der Waals surface area contributed by atoms with Crippen LogP contribution < -0.4 is 5.32 Å². The number of nitrogens with zero attached hydrogens (tertiary/aromatic N) is 1. The number of rotatable bonds is 5. The molecule has 0 radical (unpaired) electrons. The molecule has 19 heavy (non-hydrogen) atoms. The Morgan fingerprint density at radius 1 is 1.11 bits per heavy atom. The second-order valence-corrected chi connectivity index (χ2v) is 6.19. The first-order valence-electron chi connectivity index (χ1n) is 7.86. The summed E-state index contributed by atoms with van der Waals surface area (Å²) in [6.45, 7) is 8.04. The first-order valence-corrected chi connectivity index (χ1v) is 7.86. The lowest BCUT2D eigenvalue weighted by Crippen LogP contribution is -2.23. The van der Waals surface area contributed by atoms with Crippen LogP contribution in [0.4, 0.5) is 0 Å². The fraction of sp³-hybridized carbons (Fsp3) is 0.647. The molecule has 2 aliphatic rings. The van der Waals surface area contributed by atoms with Gasteiger partial charge in [0.25, 0.3) is 0 Å². The van der Waals surface area contributed by atoms with Crippen molar-refractivity contribution in [2.75, 3.05) is 19.6 Å². The molecule has 1 heterocycles. The number of fused-ring (bicyclic) bond motifs is 1. The highest BCUT2D eigenvalue weighted by Gasteiger charge is 2.35. The molecule has 1 aliphatic heterocycles. The minimum Gasteiger partial charge on any atom is -0.313 e. The van der Waals surface area contributed by atoms with E-state index in [4.69, 9.17) is 0 Å². The minimum atomic E-state index is 1.00. The van der Waals surface area contributed by atoms with Crippen molar-refractivity contribution in [3.8, 4) is 0 Å². The van der Waals surface area contributed by atoms with Crippen LogP contribution in [0.1, 0.15) is 37.3 Å². The summed E-state index contributed by atoms with van der Waals surface area (Å²) in [5, 5.41) is 3.45. The van der Waals surface area contributed by atoms with Gasteiger partial charge in [0.1, 0.15) is 0 Å². The molecule has 1 aliphatic carbocycles. The maximum Gasteiger partial charge on any atom is 0.0237 e. The van der Waals surface area contributed by atoms with E-state index >= 15 is 0 Å². The maximum absolute atomic E-state index is 3.45. The van der Waals surface area contributed by atoms with Gasteiger partial charge in [0.2, 0.25) is 0 Å². The van der Waals surface area contributed by atoms with Crippen molar-refractivity contribution in [3.05, 3.63) is 35.4 Å². The summed E-state index contributed by atoms with van der Waals surface area (Å²) in [5.41, 5.74) is 2.99. The largest absolute Gasteiger partial charge is 0.313 e. The van der Waals surface area contributed by atoms with Crippen molar-refractivity contribution in [1.82, 2.24) is 10.2 Å². The van der Waals surface area contributed by atoms with E-state index in [9.17, 15) is 0 Å². The van der Waals surface area contributed by atoms with E-state index in [1.165, 1.54) is 43.5 Å². The van der Waals surface area contributed by atoms with Crippen LogP contribution in [0.5, 0.6) is 0 Å². The molecule has 2 atom stereocenters.